The minimum atomic E-state index is -0.465. The maximum absolute atomic E-state index is 13.2. The van der Waals surface area contributed by atoms with Gasteiger partial charge in [0.2, 0.25) is 0 Å². The lowest BCUT2D eigenvalue weighted by Crippen LogP contribution is -2.19. The number of hydrogen-bond donors (Lipinski definition) is 0. The molecular formula is C16H13FN2O2. The van der Waals surface area contributed by atoms with E-state index in [9.17, 15) is 9.18 Å². The third-order valence-corrected chi connectivity index (χ3v) is 3.18. The van der Waals surface area contributed by atoms with Crippen LogP contribution in [-0.2, 0) is 6.54 Å². The molecule has 5 heteroatoms. The summed E-state index contributed by atoms with van der Waals surface area (Å²) in [4.78, 5) is 11.6. The third kappa shape index (κ3) is 2.91. The lowest BCUT2D eigenvalue weighted by Gasteiger charge is -2.01. The lowest BCUT2D eigenvalue weighted by atomic mass is 10.1. The van der Waals surface area contributed by atoms with Gasteiger partial charge in [0.15, 0.2) is 5.76 Å². The summed E-state index contributed by atoms with van der Waals surface area (Å²) in [5, 5.41) is 3.98. The first-order valence-corrected chi connectivity index (χ1v) is 6.50. The van der Waals surface area contributed by atoms with Crippen LogP contribution < -0.4 is 5.56 Å². The molecule has 3 rings (SSSR count). The van der Waals surface area contributed by atoms with Crippen LogP contribution in [0.1, 0.15) is 11.3 Å². The van der Waals surface area contributed by atoms with Crippen LogP contribution >= 0.6 is 0 Å². The predicted octanol–water partition coefficient (Wildman–Crippen LogP) is 3.00. The molecule has 0 saturated carbocycles. The molecule has 0 fully saturated rings. The summed E-state index contributed by atoms with van der Waals surface area (Å²) in [5.41, 5.74) is 2.50. The largest absolute Gasteiger partial charge is 0.359 e. The molecule has 0 radical (unpaired) electrons. The molecular weight excluding hydrogens is 271 g/mol. The van der Waals surface area contributed by atoms with E-state index in [1.165, 1.54) is 10.6 Å². The first kappa shape index (κ1) is 13.3. The van der Waals surface area contributed by atoms with E-state index in [4.69, 9.17) is 4.52 Å². The van der Waals surface area contributed by atoms with E-state index >= 15 is 0 Å². The van der Waals surface area contributed by atoms with Gasteiger partial charge in [-0.25, -0.2) is 4.39 Å². The molecule has 21 heavy (non-hydrogen) atoms. The second-order valence-corrected chi connectivity index (χ2v) is 4.86. The van der Waals surface area contributed by atoms with Crippen molar-refractivity contribution >= 4 is 0 Å². The number of aromatic nitrogens is 2. The molecule has 0 saturated heterocycles. The smallest absolute Gasteiger partial charge is 0.251 e. The summed E-state index contributed by atoms with van der Waals surface area (Å²) in [6, 6.07) is 11.9. The molecule has 0 atom stereocenters. The molecule has 4 nitrogen and oxygen atoms in total. The van der Waals surface area contributed by atoms with E-state index in [2.05, 4.69) is 5.16 Å². The molecule has 3 aromatic rings. The van der Waals surface area contributed by atoms with E-state index in [0.29, 0.717) is 11.5 Å². The molecule has 0 spiro atoms. The third-order valence-electron chi connectivity index (χ3n) is 3.18. The van der Waals surface area contributed by atoms with Crippen molar-refractivity contribution < 1.29 is 8.91 Å². The van der Waals surface area contributed by atoms with Gasteiger partial charge >= 0.3 is 0 Å². The van der Waals surface area contributed by atoms with Crippen molar-refractivity contribution in [3.05, 3.63) is 76.2 Å². The summed E-state index contributed by atoms with van der Waals surface area (Å²) in [6.45, 7) is 2.16. The molecule has 0 amide bonds. The van der Waals surface area contributed by atoms with Gasteiger partial charge in [-0.15, -0.1) is 0 Å². The zero-order valence-electron chi connectivity index (χ0n) is 11.4. The molecule has 0 unspecified atom stereocenters. The Morgan fingerprint density at radius 2 is 1.95 bits per heavy atom. The standard InChI is InChI=1S/C16H13FN2O2/c1-11-2-4-12(5-3-11)15-8-14(21-18-15)10-19-9-13(17)6-7-16(19)20/h2-9H,10H2,1H3. The highest BCUT2D eigenvalue weighted by molar-refractivity contribution is 5.59. The zero-order chi connectivity index (χ0) is 14.8. The quantitative estimate of drug-likeness (QED) is 0.743. The number of pyridine rings is 1. The number of nitrogens with zero attached hydrogens (tertiary/aromatic N) is 2. The summed E-state index contributed by atoms with van der Waals surface area (Å²) < 4.78 is 19.6. The predicted molar refractivity (Wildman–Crippen MR) is 76.4 cm³/mol. The van der Waals surface area contributed by atoms with Crippen LogP contribution in [0.3, 0.4) is 0 Å². The molecule has 0 aliphatic rings. The van der Waals surface area contributed by atoms with Gasteiger partial charge in [0.05, 0.1) is 6.54 Å². The van der Waals surface area contributed by atoms with Crippen LogP contribution in [0, 0.1) is 12.7 Å². The Kier molecular flexibility index (Phi) is 3.39. The number of rotatable bonds is 3. The van der Waals surface area contributed by atoms with Gasteiger partial charge in [0.25, 0.3) is 5.56 Å². The van der Waals surface area contributed by atoms with Crippen LogP contribution in [0.4, 0.5) is 4.39 Å². The Labute approximate surface area is 120 Å². The molecule has 0 N–H and O–H groups in total. The van der Waals surface area contributed by atoms with Gasteiger partial charge in [0.1, 0.15) is 11.5 Å². The van der Waals surface area contributed by atoms with Crippen LogP contribution in [0.5, 0.6) is 0 Å². The van der Waals surface area contributed by atoms with Crippen molar-refractivity contribution in [3.63, 3.8) is 0 Å². The normalized spacial score (nSPS) is 10.8. The maximum Gasteiger partial charge on any atom is 0.251 e. The fraction of sp³-hybridized carbons (Fsp3) is 0.125. The Balaban J connectivity index is 1.87. The van der Waals surface area contributed by atoms with Crippen molar-refractivity contribution in [1.82, 2.24) is 9.72 Å². The van der Waals surface area contributed by atoms with Gasteiger partial charge in [-0.05, 0) is 13.0 Å². The fourth-order valence-corrected chi connectivity index (χ4v) is 2.04. The molecule has 106 valence electrons. The summed E-state index contributed by atoms with van der Waals surface area (Å²) in [7, 11) is 0. The highest BCUT2D eigenvalue weighted by Gasteiger charge is 2.08. The molecule has 2 aromatic heterocycles. The van der Waals surface area contributed by atoms with Gasteiger partial charge < -0.3 is 9.09 Å². The highest BCUT2D eigenvalue weighted by Crippen LogP contribution is 2.19. The van der Waals surface area contributed by atoms with Crippen LogP contribution in [0.25, 0.3) is 11.3 Å². The minimum absolute atomic E-state index is 0.148. The van der Waals surface area contributed by atoms with Crippen molar-refractivity contribution in [3.8, 4) is 11.3 Å². The Bertz CT molecular complexity index is 819. The van der Waals surface area contributed by atoms with Crippen LogP contribution in [0.15, 0.2) is 58.0 Å². The molecule has 0 aliphatic heterocycles. The second-order valence-electron chi connectivity index (χ2n) is 4.86. The number of hydrogen-bond acceptors (Lipinski definition) is 3. The van der Waals surface area contributed by atoms with Crippen LogP contribution in [0.2, 0.25) is 0 Å². The van der Waals surface area contributed by atoms with Gasteiger partial charge in [-0.2, -0.15) is 0 Å². The molecule has 2 heterocycles. The maximum atomic E-state index is 13.2. The average molecular weight is 284 g/mol. The number of halogens is 1. The Morgan fingerprint density at radius 3 is 2.71 bits per heavy atom. The SMILES string of the molecule is Cc1ccc(-c2cc(Cn3cc(F)ccc3=O)on2)cc1. The summed E-state index contributed by atoms with van der Waals surface area (Å²) >= 11 is 0. The van der Waals surface area contributed by atoms with E-state index in [1.54, 1.807) is 6.07 Å². The monoisotopic (exact) mass is 284 g/mol. The minimum Gasteiger partial charge on any atom is -0.359 e. The zero-order valence-corrected chi connectivity index (χ0v) is 11.4. The topological polar surface area (TPSA) is 48.0 Å². The van der Waals surface area contributed by atoms with Crippen molar-refractivity contribution in [2.75, 3.05) is 0 Å². The van der Waals surface area contributed by atoms with Gasteiger partial charge in [-0.3, -0.25) is 4.79 Å². The Morgan fingerprint density at radius 1 is 1.19 bits per heavy atom. The summed E-state index contributed by atoms with van der Waals surface area (Å²) in [6.07, 6.45) is 1.15. The van der Waals surface area contributed by atoms with Crippen LogP contribution in [-0.4, -0.2) is 9.72 Å². The Hall–Kier alpha value is -2.69. The van der Waals surface area contributed by atoms with Gasteiger partial charge in [-0.1, -0.05) is 35.0 Å². The number of aryl methyl sites for hydroxylation is 1. The molecule has 0 aliphatic carbocycles. The highest BCUT2D eigenvalue weighted by atomic mass is 19.1. The number of benzene rings is 1. The lowest BCUT2D eigenvalue weighted by molar-refractivity contribution is 0.376. The molecule has 0 bridgehead atoms. The second kappa shape index (κ2) is 5.36. The summed E-state index contributed by atoms with van der Waals surface area (Å²) in [5.74, 6) is 0.0335. The average Bonchev–Trinajstić information content (AvgIpc) is 2.92. The van der Waals surface area contributed by atoms with Gasteiger partial charge in [0, 0.05) is 23.9 Å². The van der Waals surface area contributed by atoms with E-state index in [-0.39, 0.29) is 12.1 Å². The fourth-order valence-electron chi connectivity index (χ4n) is 2.04. The van der Waals surface area contributed by atoms with Crippen molar-refractivity contribution in [1.29, 1.82) is 0 Å². The molecule has 1 aromatic carbocycles. The van der Waals surface area contributed by atoms with Crippen molar-refractivity contribution in [2.45, 2.75) is 13.5 Å². The van der Waals surface area contributed by atoms with E-state index in [1.807, 2.05) is 31.2 Å². The van der Waals surface area contributed by atoms with E-state index in [0.717, 1.165) is 23.4 Å². The van der Waals surface area contributed by atoms with E-state index < -0.39 is 5.82 Å². The first-order chi connectivity index (χ1) is 10.1. The first-order valence-electron chi connectivity index (χ1n) is 6.50. The van der Waals surface area contributed by atoms with Crippen molar-refractivity contribution in [2.24, 2.45) is 0 Å².